The van der Waals surface area contributed by atoms with E-state index >= 15 is 0 Å². The molecule has 0 amide bonds. The highest BCUT2D eigenvalue weighted by atomic mass is 32.2. The van der Waals surface area contributed by atoms with Crippen molar-refractivity contribution >= 4 is 23.5 Å². The first-order valence-corrected chi connectivity index (χ1v) is 8.18. The minimum absolute atomic E-state index is 0.371. The Morgan fingerprint density at radius 1 is 1.06 bits per heavy atom. The Kier molecular flexibility index (Phi) is 4.66. The molecule has 0 spiro atoms. The van der Waals surface area contributed by atoms with Gasteiger partial charge in [-0.2, -0.15) is 0 Å². The van der Waals surface area contributed by atoms with Crippen LogP contribution in [0.25, 0.3) is 0 Å². The van der Waals surface area contributed by atoms with E-state index in [0.29, 0.717) is 4.08 Å². The summed E-state index contributed by atoms with van der Waals surface area (Å²) in [6.07, 6.45) is 5.39. The predicted molar refractivity (Wildman–Crippen MR) is 77.2 cm³/mol. The first kappa shape index (κ1) is 12.4. The van der Waals surface area contributed by atoms with Gasteiger partial charge in [-0.3, -0.25) is 0 Å². The van der Waals surface area contributed by atoms with Crippen LogP contribution in [0, 0.1) is 0 Å². The van der Waals surface area contributed by atoms with Gasteiger partial charge in [0.05, 0.1) is 4.08 Å². The van der Waals surface area contributed by atoms with E-state index in [0.717, 1.165) is 0 Å². The molecule has 1 aliphatic rings. The van der Waals surface area contributed by atoms with Crippen molar-refractivity contribution in [1.29, 1.82) is 0 Å². The SMILES string of the molecule is CCCCCC1(c2ccccc2)SCCS1. The number of hydrogen-bond donors (Lipinski definition) is 0. The van der Waals surface area contributed by atoms with Crippen LogP contribution in [0.5, 0.6) is 0 Å². The molecule has 0 saturated carbocycles. The molecule has 16 heavy (non-hydrogen) atoms. The monoisotopic (exact) mass is 252 g/mol. The van der Waals surface area contributed by atoms with Crippen molar-refractivity contribution in [2.45, 2.75) is 36.7 Å². The van der Waals surface area contributed by atoms with Gasteiger partial charge in [0.1, 0.15) is 0 Å². The molecule has 0 atom stereocenters. The number of unbranched alkanes of at least 4 members (excludes halogenated alkanes) is 2. The molecule has 0 nitrogen and oxygen atoms in total. The van der Waals surface area contributed by atoms with Crippen LogP contribution in [0.3, 0.4) is 0 Å². The van der Waals surface area contributed by atoms with E-state index < -0.39 is 0 Å². The average molecular weight is 252 g/mol. The van der Waals surface area contributed by atoms with Crippen LogP contribution in [0.2, 0.25) is 0 Å². The Hall–Kier alpha value is -0.0800. The van der Waals surface area contributed by atoms with Gasteiger partial charge in [0.25, 0.3) is 0 Å². The second kappa shape index (κ2) is 6.02. The Morgan fingerprint density at radius 3 is 2.38 bits per heavy atom. The standard InChI is InChI=1S/C14H20S2/c1-2-3-7-10-14(15-11-12-16-14)13-8-5-4-6-9-13/h4-6,8-9H,2-3,7,10-12H2,1H3. The molecule has 1 fully saturated rings. The van der Waals surface area contributed by atoms with Crippen LogP contribution in [0.15, 0.2) is 30.3 Å². The zero-order valence-corrected chi connectivity index (χ0v) is 11.6. The Bertz CT molecular complexity index is 302. The number of benzene rings is 1. The fourth-order valence-electron chi connectivity index (χ4n) is 2.21. The van der Waals surface area contributed by atoms with Crippen molar-refractivity contribution in [3.63, 3.8) is 0 Å². The van der Waals surface area contributed by atoms with Crippen molar-refractivity contribution in [3.8, 4) is 0 Å². The highest BCUT2D eigenvalue weighted by Gasteiger charge is 2.36. The predicted octanol–water partition coefficient (Wildman–Crippen LogP) is 4.90. The van der Waals surface area contributed by atoms with Crippen LogP contribution in [-0.2, 0) is 4.08 Å². The van der Waals surface area contributed by atoms with Crippen molar-refractivity contribution in [1.82, 2.24) is 0 Å². The maximum absolute atomic E-state index is 2.30. The molecule has 1 aliphatic heterocycles. The average Bonchev–Trinajstić information content (AvgIpc) is 2.81. The van der Waals surface area contributed by atoms with Crippen molar-refractivity contribution in [2.75, 3.05) is 11.5 Å². The second-order valence-corrected chi connectivity index (χ2v) is 7.32. The van der Waals surface area contributed by atoms with E-state index in [4.69, 9.17) is 0 Å². The van der Waals surface area contributed by atoms with E-state index in [-0.39, 0.29) is 0 Å². The summed E-state index contributed by atoms with van der Waals surface area (Å²) in [5.41, 5.74) is 1.53. The molecule has 0 aliphatic carbocycles. The molecule has 1 saturated heterocycles. The van der Waals surface area contributed by atoms with Gasteiger partial charge >= 0.3 is 0 Å². The zero-order valence-electron chi connectivity index (χ0n) is 9.95. The molecule has 0 unspecified atom stereocenters. The van der Waals surface area contributed by atoms with Crippen molar-refractivity contribution < 1.29 is 0 Å². The molecule has 2 heteroatoms. The molecule has 0 aromatic heterocycles. The molecule has 1 aromatic rings. The van der Waals surface area contributed by atoms with Gasteiger partial charge in [-0.15, -0.1) is 23.5 Å². The first-order chi connectivity index (χ1) is 7.87. The van der Waals surface area contributed by atoms with Gasteiger partial charge in [0.2, 0.25) is 0 Å². The van der Waals surface area contributed by atoms with Gasteiger partial charge in [0, 0.05) is 11.5 Å². The minimum atomic E-state index is 0.371. The molecule has 1 aromatic carbocycles. The highest BCUT2D eigenvalue weighted by molar-refractivity contribution is 8.20. The second-order valence-electron chi connectivity index (χ2n) is 4.27. The lowest BCUT2D eigenvalue weighted by Gasteiger charge is -2.27. The molecule has 0 N–H and O–H groups in total. The summed E-state index contributed by atoms with van der Waals surface area (Å²) < 4.78 is 0.371. The maximum atomic E-state index is 2.30. The minimum Gasteiger partial charge on any atom is -0.139 e. The summed E-state index contributed by atoms with van der Waals surface area (Å²) in [7, 11) is 0. The van der Waals surface area contributed by atoms with E-state index in [2.05, 4.69) is 60.8 Å². The normalized spacial score (nSPS) is 18.8. The van der Waals surface area contributed by atoms with E-state index in [1.54, 1.807) is 0 Å². The van der Waals surface area contributed by atoms with Crippen molar-refractivity contribution in [2.24, 2.45) is 0 Å². The molecular weight excluding hydrogens is 232 g/mol. The quantitative estimate of drug-likeness (QED) is 0.684. The number of thioether (sulfide) groups is 2. The smallest absolute Gasteiger partial charge is 0.0860 e. The summed E-state index contributed by atoms with van der Waals surface area (Å²) in [6, 6.07) is 11.1. The lowest BCUT2D eigenvalue weighted by molar-refractivity contribution is 0.639. The fraction of sp³-hybridized carbons (Fsp3) is 0.571. The Labute approximate surface area is 108 Å². The molecule has 88 valence electrons. The lowest BCUT2D eigenvalue weighted by atomic mass is 10.1. The van der Waals surface area contributed by atoms with Crippen LogP contribution in [0.4, 0.5) is 0 Å². The first-order valence-electron chi connectivity index (χ1n) is 6.21. The summed E-state index contributed by atoms with van der Waals surface area (Å²) in [5.74, 6) is 2.62. The maximum Gasteiger partial charge on any atom is 0.0860 e. The van der Waals surface area contributed by atoms with E-state index in [9.17, 15) is 0 Å². The number of hydrogen-bond acceptors (Lipinski definition) is 2. The van der Waals surface area contributed by atoms with Crippen LogP contribution >= 0.6 is 23.5 Å². The fourth-order valence-corrected chi connectivity index (χ4v) is 5.55. The topological polar surface area (TPSA) is 0 Å². The van der Waals surface area contributed by atoms with Gasteiger partial charge in [0.15, 0.2) is 0 Å². The van der Waals surface area contributed by atoms with E-state index in [1.165, 1.54) is 42.8 Å². The van der Waals surface area contributed by atoms with Gasteiger partial charge in [-0.25, -0.2) is 0 Å². The summed E-state index contributed by atoms with van der Waals surface area (Å²) in [5, 5.41) is 0. The van der Waals surface area contributed by atoms with Gasteiger partial charge < -0.3 is 0 Å². The third-order valence-electron chi connectivity index (χ3n) is 3.08. The Morgan fingerprint density at radius 2 is 1.75 bits per heavy atom. The van der Waals surface area contributed by atoms with Crippen LogP contribution in [0.1, 0.15) is 38.2 Å². The van der Waals surface area contributed by atoms with Crippen LogP contribution < -0.4 is 0 Å². The molecule has 2 rings (SSSR count). The zero-order chi connectivity index (χ0) is 11.3. The molecule has 0 radical (unpaired) electrons. The van der Waals surface area contributed by atoms with Crippen LogP contribution in [-0.4, -0.2) is 11.5 Å². The summed E-state index contributed by atoms with van der Waals surface area (Å²) >= 11 is 4.31. The summed E-state index contributed by atoms with van der Waals surface area (Å²) in [4.78, 5) is 0. The molecular formula is C14H20S2. The molecule has 1 heterocycles. The van der Waals surface area contributed by atoms with Gasteiger partial charge in [-0.1, -0.05) is 56.5 Å². The van der Waals surface area contributed by atoms with Gasteiger partial charge in [-0.05, 0) is 12.0 Å². The molecule has 0 bridgehead atoms. The van der Waals surface area contributed by atoms with Crippen molar-refractivity contribution in [3.05, 3.63) is 35.9 Å². The van der Waals surface area contributed by atoms with E-state index in [1.807, 2.05) is 0 Å². The number of rotatable bonds is 5. The highest BCUT2D eigenvalue weighted by Crippen LogP contribution is 2.54. The third-order valence-corrected chi connectivity index (χ3v) is 6.67. The lowest BCUT2D eigenvalue weighted by Crippen LogP contribution is -2.14. The summed E-state index contributed by atoms with van der Waals surface area (Å²) in [6.45, 7) is 2.28. The third kappa shape index (κ3) is 2.78. The largest absolute Gasteiger partial charge is 0.139 e. The Balaban J connectivity index is 2.09.